The van der Waals surface area contributed by atoms with Gasteiger partial charge in [0.05, 0.1) is 5.25 Å². The average Bonchev–Trinajstić information content (AvgIpc) is 3.05. The molecular weight excluding hydrogens is 370 g/mol. The summed E-state index contributed by atoms with van der Waals surface area (Å²) in [5, 5.41) is 11.1. The SMILES string of the molecule is C=C(C)CSc1nnc(S[C@H](C)C(=O)NC[C@@H](C)c2ccccc2)s1. The van der Waals surface area contributed by atoms with Gasteiger partial charge < -0.3 is 5.32 Å². The molecule has 134 valence electrons. The topological polar surface area (TPSA) is 54.9 Å². The predicted octanol–water partition coefficient (Wildman–Crippen LogP) is 4.61. The van der Waals surface area contributed by atoms with Crippen LogP contribution in [0.5, 0.6) is 0 Å². The summed E-state index contributed by atoms with van der Waals surface area (Å²) >= 11 is 4.60. The highest BCUT2D eigenvalue weighted by Crippen LogP contribution is 2.31. The Kier molecular flexibility index (Phi) is 7.99. The number of thioether (sulfide) groups is 2. The minimum absolute atomic E-state index is 0.0270. The fourth-order valence-corrected chi connectivity index (χ4v) is 5.02. The van der Waals surface area contributed by atoms with Crippen LogP contribution in [0.1, 0.15) is 32.3 Å². The second-order valence-corrected chi connectivity index (χ2v) is 9.68. The molecule has 2 atom stereocenters. The highest BCUT2D eigenvalue weighted by molar-refractivity contribution is 8.04. The zero-order valence-corrected chi connectivity index (χ0v) is 17.1. The van der Waals surface area contributed by atoms with Gasteiger partial charge in [0.1, 0.15) is 0 Å². The number of nitrogens with zero attached hydrogens (tertiary/aromatic N) is 2. The molecule has 1 aromatic carbocycles. The van der Waals surface area contributed by atoms with Gasteiger partial charge in [0.15, 0.2) is 8.68 Å². The first-order valence-corrected chi connectivity index (χ1v) is 10.7. The van der Waals surface area contributed by atoms with E-state index in [2.05, 4.69) is 41.1 Å². The fraction of sp³-hybridized carbons (Fsp3) is 0.389. The Balaban J connectivity index is 1.79. The van der Waals surface area contributed by atoms with E-state index in [4.69, 9.17) is 0 Å². The maximum Gasteiger partial charge on any atom is 0.233 e. The summed E-state index contributed by atoms with van der Waals surface area (Å²) in [5.74, 6) is 1.15. The zero-order valence-electron chi connectivity index (χ0n) is 14.7. The molecule has 1 N–H and O–H groups in total. The minimum atomic E-state index is -0.199. The molecule has 0 unspecified atom stereocenters. The van der Waals surface area contributed by atoms with Gasteiger partial charge in [-0.3, -0.25) is 4.79 Å². The Bertz CT molecular complexity index is 703. The van der Waals surface area contributed by atoms with Crippen molar-refractivity contribution in [1.82, 2.24) is 15.5 Å². The Labute approximate surface area is 161 Å². The summed E-state index contributed by atoms with van der Waals surface area (Å²) in [6.07, 6.45) is 0. The van der Waals surface area contributed by atoms with E-state index >= 15 is 0 Å². The van der Waals surface area contributed by atoms with Gasteiger partial charge in [0.25, 0.3) is 0 Å². The molecular formula is C18H23N3OS3. The lowest BCUT2D eigenvalue weighted by Crippen LogP contribution is -2.33. The highest BCUT2D eigenvalue weighted by atomic mass is 32.2. The predicted molar refractivity (Wildman–Crippen MR) is 109 cm³/mol. The summed E-state index contributed by atoms with van der Waals surface area (Å²) in [7, 11) is 0. The minimum Gasteiger partial charge on any atom is -0.355 e. The molecule has 0 aliphatic heterocycles. The van der Waals surface area contributed by atoms with E-state index in [0.717, 1.165) is 20.0 Å². The molecule has 2 aromatic rings. The number of hydrogen-bond acceptors (Lipinski definition) is 6. The van der Waals surface area contributed by atoms with Crippen molar-refractivity contribution in [2.45, 2.75) is 40.6 Å². The van der Waals surface area contributed by atoms with Crippen LogP contribution in [0.2, 0.25) is 0 Å². The summed E-state index contributed by atoms with van der Waals surface area (Å²) in [5.41, 5.74) is 2.33. The van der Waals surface area contributed by atoms with Crippen molar-refractivity contribution < 1.29 is 4.79 Å². The first-order valence-electron chi connectivity index (χ1n) is 8.05. The molecule has 7 heteroatoms. The summed E-state index contributed by atoms with van der Waals surface area (Å²) in [4.78, 5) is 12.3. The molecule has 0 radical (unpaired) electrons. The van der Waals surface area contributed by atoms with E-state index in [1.807, 2.05) is 32.0 Å². The summed E-state index contributed by atoms with van der Waals surface area (Å²) in [6.45, 7) is 10.5. The maximum absolute atomic E-state index is 12.3. The van der Waals surface area contributed by atoms with E-state index in [1.54, 1.807) is 11.8 Å². The van der Waals surface area contributed by atoms with Crippen LogP contribution < -0.4 is 5.32 Å². The lowest BCUT2D eigenvalue weighted by Gasteiger charge is -2.15. The number of nitrogens with one attached hydrogen (secondary N) is 1. The molecule has 0 aliphatic carbocycles. The molecule has 1 amide bonds. The van der Waals surface area contributed by atoms with Crippen molar-refractivity contribution in [1.29, 1.82) is 0 Å². The molecule has 0 aliphatic rings. The number of carbonyl (C=O) groups excluding carboxylic acids is 1. The first kappa shape index (κ1) is 20.0. The smallest absolute Gasteiger partial charge is 0.233 e. The maximum atomic E-state index is 12.3. The second-order valence-electron chi connectivity index (χ2n) is 5.90. The zero-order chi connectivity index (χ0) is 18.2. The molecule has 2 rings (SSSR count). The van der Waals surface area contributed by atoms with Gasteiger partial charge >= 0.3 is 0 Å². The van der Waals surface area contributed by atoms with Crippen LogP contribution in [0, 0.1) is 0 Å². The molecule has 25 heavy (non-hydrogen) atoms. The van der Waals surface area contributed by atoms with Crippen molar-refractivity contribution in [3.8, 4) is 0 Å². The Morgan fingerprint density at radius 1 is 1.24 bits per heavy atom. The Hall–Kier alpha value is -1.31. The third-order valence-electron chi connectivity index (χ3n) is 3.43. The molecule has 1 aromatic heterocycles. The van der Waals surface area contributed by atoms with Crippen LogP contribution in [0.4, 0.5) is 0 Å². The number of rotatable bonds is 9. The molecule has 0 spiro atoms. The largest absolute Gasteiger partial charge is 0.355 e. The Morgan fingerprint density at radius 3 is 2.60 bits per heavy atom. The number of carbonyl (C=O) groups is 1. The highest BCUT2D eigenvalue weighted by Gasteiger charge is 2.18. The van der Waals surface area contributed by atoms with Gasteiger partial charge in [-0.15, -0.1) is 10.2 Å². The molecule has 1 heterocycles. The number of benzene rings is 1. The molecule has 0 fully saturated rings. The normalized spacial score (nSPS) is 13.2. The van der Waals surface area contributed by atoms with Crippen LogP contribution in [0.15, 0.2) is 51.2 Å². The number of amides is 1. The van der Waals surface area contributed by atoms with Gasteiger partial charge in [-0.25, -0.2) is 0 Å². The van der Waals surface area contributed by atoms with E-state index in [1.165, 1.54) is 28.7 Å². The average molecular weight is 394 g/mol. The van der Waals surface area contributed by atoms with Crippen LogP contribution in [-0.2, 0) is 4.79 Å². The second kappa shape index (κ2) is 9.99. The van der Waals surface area contributed by atoms with Crippen molar-refractivity contribution in [2.24, 2.45) is 0 Å². The van der Waals surface area contributed by atoms with Crippen molar-refractivity contribution >= 4 is 40.8 Å². The van der Waals surface area contributed by atoms with Crippen molar-refractivity contribution in [2.75, 3.05) is 12.3 Å². The standard InChI is InChI=1S/C18H23N3OS3/c1-12(2)11-23-17-20-21-18(25-17)24-14(4)16(22)19-10-13(3)15-8-6-5-7-9-15/h5-9,13-14H,1,10-11H2,2-4H3,(H,19,22)/t13-,14-/m1/s1. The number of hydrogen-bond donors (Lipinski definition) is 1. The molecule has 4 nitrogen and oxygen atoms in total. The first-order chi connectivity index (χ1) is 12.0. The summed E-state index contributed by atoms with van der Waals surface area (Å²) < 4.78 is 1.73. The number of aromatic nitrogens is 2. The van der Waals surface area contributed by atoms with Crippen LogP contribution in [-0.4, -0.2) is 33.7 Å². The fourth-order valence-electron chi connectivity index (χ4n) is 1.99. The summed E-state index contributed by atoms with van der Waals surface area (Å²) in [6, 6.07) is 10.2. The van der Waals surface area contributed by atoms with Crippen molar-refractivity contribution in [3.63, 3.8) is 0 Å². The molecule has 0 bridgehead atoms. The van der Waals surface area contributed by atoms with Crippen LogP contribution in [0.25, 0.3) is 0 Å². The third-order valence-corrected chi connectivity index (χ3v) is 6.90. The molecule has 0 saturated carbocycles. The van der Waals surface area contributed by atoms with E-state index in [0.29, 0.717) is 6.54 Å². The van der Waals surface area contributed by atoms with Crippen LogP contribution in [0.3, 0.4) is 0 Å². The lowest BCUT2D eigenvalue weighted by molar-refractivity contribution is -0.120. The Morgan fingerprint density at radius 2 is 1.92 bits per heavy atom. The van der Waals surface area contributed by atoms with Gasteiger partial charge in [-0.2, -0.15) is 0 Å². The van der Waals surface area contributed by atoms with Gasteiger partial charge in [-0.05, 0) is 25.3 Å². The molecule has 0 saturated heterocycles. The van der Waals surface area contributed by atoms with Gasteiger partial charge in [0, 0.05) is 12.3 Å². The quantitative estimate of drug-likeness (QED) is 0.498. The monoisotopic (exact) mass is 393 g/mol. The van der Waals surface area contributed by atoms with E-state index < -0.39 is 0 Å². The van der Waals surface area contributed by atoms with E-state index in [9.17, 15) is 4.79 Å². The van der Waals surface area contributed by atoms with Gasteiger partial charge in [0.2, 0.25) is 5.91 Å². The lowest BCUT2D eigenvalue weighted by atomic mass is 10.0. The van der Waals surface area contributed by atoms with Gasteiger partial charge in [-0.1, -0.05) is 84.3 Å². The van der Waals surface area contributed by atoms with Crippen molar-refractivity contribution in [3.05, 3.63) is 48.0 Å². The van der Waals surface area contributed by atoms with E-state index in [-0.39, 0.29) is 17.1 Å². The third kappa shape index (κ3) is 6.84. The van der Waals surface area contributed by atoms with Crippen LogP contribution >= 0.6 is 34.9 Å².